The molecule has 0 bridgehead atoms. The summed E-state index contributed by atoms with van der Waals surface area (Å²) in [5, 5.41) is 9.23. The average molecular weight is 229 g/mol. The third-order valence-electron chi connectivity index (χ3n) is 2.00. The Labute approximate surface area is 90.0 Å². The van der Waals surface area contributed by atoms with Crippen LogP contribution in [0.4, 0.5) is 0 Å². The quantitative estimate of drug-likeness (QED) is 0.820. The number of rotatable bonds is 4. The first-order valence-electron chi connectivity index (χ1n) is 4.76. The van der Waals surface area contributed by atoms with Gasteiger partial charge in [-0.05, 0) is 25.0 Å². The van der Waals surface area contributed by atoms with Crippen LogP contribution >= 0.6 is 0 Å². The summed E-state index contributed by atoms with van der Waals surface area (Å²) in [5.74, 6) is -0.0440. The highest BCUT2D eigenvalue weighted by Crippen LogP contribution is 2.20. The number of aryl methyl sites for hydroxylation is 1. The zero-order valence-corrected chi connectivity index (χ0v) is 9.63. The summed E-state index contributed by atoms with van der Waals surface area (Å²) in [7, 11) is -3.49. The van der Waals surface area contributed by atoms with Crippen molar-refractivity contribution in [2.75, 3.05) is 6.54 Å². The molecule has 0 spiro atoms. The summed E-state index contributed by atoms with van der Waals surface area (Å²) in [6.07, 6.45) is 0.733. The van der Waals surface area contributed by atoms with Crippen LogP contribution < -0.4 is 4.72 Å². The third-order valence-corrected chi connectivity index (χ3v) is 3.61. The molecule has 0 aliphatic carbocycles. The second-order valence-electron chi connectivity index (χ2n) is 3.35. The van der Waals surface area contributed by atoms with Crippen LogP contribution in [0.5, 0.6) is 5.75 Å². The predicted octanol–water partition coefficient (Wildman–Crippen LogP) is 1.39. The first-order chi connectivity index (χ1) is 6.97. The molecule has 0 saturated carbocycles. The minimum atomic E-state index is -3.49. The Balaban J connectivity index is 3.09. The molecule has 0 unspecified atom stereocenters. The fourth-order valence-corrected chi connectivity index (χ4v) is 2.59. The molecule has 5 heteroatoms. The van der Waals surface area contributed by atoms with Gasteiger partial charge < -0.3 is 5.11 Å². The van der Waals surface area contributed by atoms with Gasteiger partial charge in [0.15, 0.2) is 0 Å². The molecule has 1 aromatic carbocycles. The summed E-state index contributed by atoms with van der Waals surface area (Å²) in [4.78, 5) is 0.135. The van der Waals surface area contributed by atoms with Crippen molar-refractivity contribution < 1.29 is 13.5 Å². The highest BCUT2D eigenvalue weighted by molar-refractivity contribution is 7.89. The maximum Gasteiger partial charge on any atom is 0.240 e. The molecule has 0 aliphatic heterocycles. The van der Waals surface area contributed by atoms with Gasteiger partial charge in [0, 0.05) is 12.6 Å². The molecule has 84 valence electrons. The summed E-state index contributed by atoms with van der Waals surface area (Å²) in [6, 6.07) is 4.30. The summed E-state index contributed by atoms with van der Waals surface area (Å²) >= 11 is 0. The van der Waals surface area contributed by atoms with E-state index in [0.29, 0.717) is 12.1 Å². The number of phenols is 1. The number of aromatic hydroxyl groups is 1. The van der Waals surface area contributed by atoms with E-state index >= 15 is 0 Å². The minimum absolute atomic E-state index is 0.0440. The first-order valence-corrected chi connectivity index (χ1v) is 6.25. The summed E-state index contributed by atoms with van der Waals surface area (Å²) < 4.78 is 25.9. The molecular formula is C10H15NO3S. The molecule has 0 fully saturated rings. The smallest absolute Gasteiger partial charge is 0.240 e. The van der Waals surface area contributed by atoms with E-state index in [9.17, 15) is 13.5 Å². The van der Waals surface area contributed by atoms with E-state index in [-0.39, 0.29) is 10.6 Å². The Bertz CT molecular complexity index is 440. The monoisotopic (exact) mass is 229 g/mol. The van der Waals surface area contributed by atoms with Crippen molar-refractivity contribution in [1.29, 1.82) is 0 Å². The van der Waals surface area contributed by atoms with Crippen molar-refractivity contribution in [2.24, 2.45) is 0 Å². The lowest BCUT2D eigenvalue weighted by molar-refractivity contribution is 0.472. The number of nitrogens with one attached hydrogen (secondary N) is 1. The van der Waals surface area contributed by atoms with Crippen molar-refractivity contribution in [3.63, 3.8) is 0 Å². The van der Waals surface area contributed by atoms with Gasteiger partial charge in [-0.1, -0.05) is 13.0 Å². The van der Waals surface area contributed by atoms with Crippen molar-refractivity contribution in [2.45, 2.75) is 25.2 Å². The van der Waals surface area contributed by atoms with Crippen molar-refractivity contribution in [3.05, 3.63) is 23.8 Å². The second kappa shape index (κ2) is 4.63. The van der Waals surface area contributed by atoms with Gasteiger partial charge in [0.2, 0.25) is 10.0 Å². The highest BCUT2D eigenvalue weighted by Gasteiger charge is 2.16. The third kappa shape index (κ3) is 2.94. The van der Waals surface area contributed by atoms with Crippen LogP contribution in [0.15, 0.2) is 23.1 Å². The van der Waals surface area contributed by atoms with Gasteiger partial charge in [0.25, 0.3) is 0 Å². The number of phenolic OH excluding ortho intramolecular Hbond substituents is 1. The van der Waals surface area contributed by atoms with Gasteiger partial charge in [-0.25, -0.2) is 13.1 Å². The van der Waals surface area contributed by atoms with Crippen molar-refractivity contribution in [1.82, 2.24) is 4.72 Å². The number of benzene rings is 1. The Kier molecular flexibility index (Phi) is 3.71. The van der Waals surface area contributed by atoms with Gasteiger partial charge in [0.05, 0.1) is 4.90 Å². The van der Waals surface area contributed by atoms with Gasteiger partial charge in [-0.2, -0.15) is 0 Å². The number of hydrogen-bond donors (Lipinski definition) is 2. The second-order valence-corrected chi connectivity index (χ2v) is 5.08. The average Bonchev–Trinajstić information content (AvgIpc) is 2.18. The molecule has 0 atom stereocenters. The minimum Gasteiger partial charge on any atom is -0.508 e. The van der Waals surface area contributed by atoms with Crippen LogP contribution in [0.1, 0.15) is 18.9 Å². The lowest BCUT2D eigenvalue weighted by Gasteiger charge is -2.08. The lowest BCUT2D eigenvalue weighted by atomic mass is 10.2. The SMILES string of the molecule is CCCNS(=O)(=O)c1cc(O)ccc1C. The van der Waals surface area contributed by atoms with Gasteiger partial charge in [-0.15, -0.1) is 0 Å². The van der Waals surface area contributed by atoms with Crippen LogP contribution in [0.2, 0.25) is 0 Å². The van der Waals surface area contributed by atoms with Crippen LogP contribution in [0.3, 0.4) is 0 Å². The summed E-state index contributed by atoms with van der Waals surface area (Å²) in [6.45, 7) is 3.98. The molecule has 0 heterocycles. The first kappa shape index (κ1) is 12.0. The van der Waals surface area contributed by atoms with E-state index in [0.717, 1.165) is 6.42 Å². The maximum absolute atomic E-state index is 11.7. The lowest BCUT2D eigenvalue weighted by Crippen LogP contribution is -2.25. The van der Waals surface area contributed by atoms with E-state index in [1.54, 1.807) is 13.0 Å². The van der Waals surface area contributed by atoms with E-state index < -0.39 is 10.0 Å². The van der Waals surface area contributed by atoms with Crippen LogP contribution in [0, 0.1) is 6.92 Å². The molecule has 0 aromatic heterocycles. The normalized spacial score (nSPS) is 11.6. The molecule has 4 nitrogen and oxygen atoms in total. The fraction of sp³-hybridized carbons (Fsp3) is 0.400. The molecule has 1 rings (SSSR count). The molecule has 0 saturated heterocycles. The molecule has 1 aromatic rings. The van der Waals surface area contributed by atoms with Gasteiger partial charge in [0.1, 0.15) is 5.75 Å². The van der Waals surface area contributed by atoms with Crippen molar-refractivity contribution in [3.8, 4) is 5.75 Å². The fourth-order valence-electron chi connectivity index (χ4n) is 1.19. The highest BCUT2D eigenvalue weighted by atomic mass is 32.2. The number of hydrogen-bond acceptors (Lipinski definition) is 3. The van der Waals surface area contributed by atoms with Crippen molar-refractivity contribution >= 4 is 10.0 Å². The Hall–Kier alpha value is -1.07. The zero-order valence-electron chi connectivity index (χ0n) is 8.82. The Morgan fingerprint density at radius 2 is 2.07 bits per heavy atom. The molecular weight excluding hydrogens is 214 g/mol. The topological polar surface area (TPSA) is 66.4 Å². The molecule has 2 N–H and O–H groups in total. The number of sulfonamides is 1. The zero-order chi connectivity index (χ0) is 11.5. The standard InChI is InChI=1S/C10H15NO3S/c1-3-6-11-15(13,14)10-7-9(12)5-4-8(10)2/h4-5,7,11-12H,3,6H2,1-2H3. The van der Waals surface area contributed by atoms with E-state index in [1.165, 1.54) is 12.1 Å². The van der Waals surface area contributed by atoms with Crippen LogP contribution in [-0.4, -0.2) is 20.1 Å². The molecule has 15 heavy (non-hydrogen) atoms. The maximum atomic E-state index is 11.7. The Morgan fingerprint density at radius 1 is 1.40 bits per heavy atom. The van der Waals surface area contributed by atoms with E-state index in [2.05, 4.69) is 4.72 Å². The Morgan fingerprint density at radius 3 is 2.67 bits per heavy atom. The molecule has 0 aliphatic rings. The molecule has 0 amide bonds. The predicted molar refractivity (Wildman–Crippen MR) is 58.3 cm³/mol. The van der Waals surface area contributed by atoms with Gasteiger partial charge in [-0.3, -0.25) is 0 Å². The van der Waals surface area contributed by atoms with Gasteiger partial charge >= 0.3 is 0 Å². The van der Waals surface area contributed by atoms with E-state index in [1.807, 2.05) is 6.92 Å². The van der Waals surface area contributed by atoms with Crippen LogP contribution in [-0.2, 0) is 10.0 Å². The van der Waals surface area contributed by atoms with E-state index in [4.69, 9.17) is 0 Å². The van der Waals surface area contributed by atoms with Crippen LogP contribution in [0.25, 0.3) is 0 Å². The summed E-state index contributed by atoms with van der Waals surface area (Å²) in [5.41, 5.74) is 0.622. The molecule has 0 radical (unpaired) electrons. The largest absolute Gasteiger partial charge is 0.508 e.